The van der Waals surface area contributed by atoms with Crippen LogP contribution in [0, 0.1) is 0 Å². The number of hydrogen-bond donors (Lipinski definition) is 2. The Morgan fingerprint density at radius 1 is 1.38 bits per heavy atom. The summed E-state index contributed by atoms with van der Waals surface area (Å²) < 4.78 is 27.1. The van der Waals surface area contributed by atoms with Crippen molar-refractivity contribution in [3.63, 3.8) is 0 Å². The number of nitrogens with two attached hydrogens (primary N) is 1. The van der Waals surface area contributed by atoms with Crippen LogP contribution in [0.3, 0.4) is 0 Å². The monoisotopic (exact) mass is 325 g/mol. The minimum atomic E-state index is -3.47. The predicted molar refractivity (Wildman–Crippen MR) is 86.5 cm³/mol. The Bertz CT molecular complexity index is 711. The van der Waals surface area contributed by atoms with Crippen molar-refractivity contribution in [2.45, 2.75) is 32.1 Å². The maximum absolute atomic E-state index is 12.2. The number of aromatic nitrogens is 1. The lowest BCUT2D eigenvalue weighted by atomic mass is 10.2. The van der Waals surface area contributed by atoms with Crippen LogP contribution in [0.15, 0.2) is 30.5 Å². The van der Waals surface area contributed by atoms with E-state index in [-0.39, 0.29) is 11.8 Å². The van der Waals surface area contributed by atoms with Gasteiger partial charge in [0.1, 0.15) is 5.01 Å². The molecule has 0 bridgehead atoms. The molecular formula is C14H19N3O2S2. The van der Waals surface area contributed by atoms with Crippen LogP contribution < -0.4 is 10.5 Å². The van der Waals surface area contributed by atoms with Gasteiger partial charge >= 0.3 is 0 Å². The van der Waals surface area contributed by atoms with Gasteiger partial charge in [-0.05, 0) is 25.0 Å². The molecule has 2 aromatic rings. The summed E-state index contributed by atoms with van der Waals surface area (Å²) in [5.74, 6) is -0.129. The highest BCUT2D eigenvalue weighted by Crippen LogP contribution is 2.22. The lowest BCUT2D eigenvalue weighted by molar-refractivity contribution is 0.565. The maximum atomic E-state index is 12.2. The molecule has 0 spiro atoms. The van der Waals surface area contributed by atoms with Gasteiger partial charge in [-0.1, -0.05) is 25.1 Å². The van der Waals surface area contributed by atoms with Crippen LogP contribution in [0.4, 0.5) is 5.69 Å². The minimum absolute atomic E-state index is 0.129. The molecule has 7 heteroatoms. The summed E-state index contributed by atoms with van der Waals surface area (Å²) in [4.78, 5) is 5.40. The smallest absolute Gasteiger partial charge is 0.216 e. The van der Waals surface area contributed by atoms with Crippen molar-refractivity contribution >= 4 is 27.0 Å². The van der Waals surface area contributed by atoms with Gasteiger partial charge in [0.2, 0.25) is 10.0 Å². The van der Waals surface area contributed by atoms with Crippen LogP contribution in [0.25, 0.3) is 0 Å². The molecule has 3 N–H and O–H groups in total. The van der Waals surface area contributed by atoms with Gasteiger partial charge in [0, 0.05) is 16.8 Å². The average molecular weight is 325 g/mol. The summed E-state index contributed by atoms with van der Waals surface area (Å²) in [5.41, 5.74) is 6.88. The lowest BCUT2D eigenvalue weighted by Crippen LogP contribution is -2.28. The molecule has 1 unspecified atom stereocenters. The first-order valence-electron chi connectivity index (χ1n) is 6.69. The molecule has 0 amide bonds. The van der Waals surface area contributed by atoms with Gasteiger partial charge in [-0.2, -0.15) is 0 Å². The fourth-order valence-electron chi connectivity index (χ4n) is 1.92. The second-order valence-electron chi connectivity index (χ2n) is 4.82. The van der Waals surface area contributed by atoms with Crippen molar-refractivity contribution in [3.8, 4) is 0 Å². The zero-order valence-electron chi connectivity index (χ0n) is 12.0. The van der Waals surface area contributed by atoms with Crippen molar-refractivity contribution in [1.82, 2.24) is 9.71 Å². The first-order chi connectivity index (χ1) is 9.91. The molecule has 1 heterocycles. The van der Waals surface area contributed by atoms with Gasteiger partial charge in [0.05, 0.1) is 11.8 Å². The maximum Gasteiger partial charge on any atom is 0.216 e. The number of benzene rings is 1. The molecule has 0 saturated carbocycles. The molecule has 1 atom stereocenters. The van der Waals surface area contributed by atoms with E-state index < -0.39 is 10.0 Å². The Kier molecular flexibility index (Phi) is 4.97. The highest BCUT2D eigenvalue weighted by Gasteiger charge is 2.19. The molecule has 1 aromatic heterocycles. The number of hydrogen-bond acceptors (Lipinski definition) is 5. The topological polar surface area (TPSA) is 85.1 Å². The number of thiazole rings is 1. The van der Waals surface area contributed by atoms with Crippen molar-refractivity contribution in [2.75, 3.05) is 5.73 Å². The number of anilines is 1. The third-order valence-electron chi connectivity index (χ3n) is 3.05. The number of nitrogens with zero attached hydrogens (tertiary/aromatic N) is 1. The van der Waals surface area contributed by atoms with Gasteiger partial charge < -0.3 is 5.73 Å². The van der Waals surface area contributed by atoms with Gasteiger partial charge in [0.25, 0.3) is 0 Å². The van der Waals surface area contributed by atoms with E-state index in [9.17, 15) is 8.42 Å². The standard InChI is InChI=1S/C14H19N3O2S2/c1-3-12-8-16-14(20-12)10(2)17-21(18,19)9-11-6-4-5-7-13(11)15/h4-8,10,17H,3,9,15H2,1-2H3. The fourth-order valence-corrected chi connectivity index (χ4v) is 4.26. The Morgan fingerprint density at radius 3 is 2.71 bits per heavy atom. The number of rotatable bonds is 6. The zero-order chi connectivity index (χ0) is 15.5. The molecule has 0 radical (unpaired) electrons. The molecule has 21 heavy (non-hydrogen) atoms. The third kappa shape index (κ3) is 4.26. The zero-order valence-corrected chi connectivity index (χ0v) is 13.7. The molecule has 0 aliphatic heterocycles. The molecular weight excluding hydrogens is 306 g/mol. The highest BCUT2D eigenvalue weighted by molar-refractivity contribution is 7.88. The number of sulfonamides is 1. The number of nitrogens with one attached hydrogen (secondary N) is 1. The normalized spacial score (nSPS) is 13.2. The molecule has 0 aliphatic rings. The SMILES string of the molecule is CCc1cnc(C(C)NS(=O)(=O)Cc2ccccc2N)s1. The van der Waals surface area contributed by atoms with E-state index in [1.165, 1.54) is 11.3 Å². The largest absolute Gasteiger partial charge is 0.398 e. The second-order valence-corrected chi connectivity index (χ2v) is 7.72. The average Bonchev–Trinajstić information content (AvgIpc) is 2.89. The van der Waals surface area contributed by atoms with Crippen LogP contribution in [0.2, 0.25) is 0 Å². The predicted octanol–water partition coefficient (Wildman–Crippen LogP) is 2.47. The molecule has 114 valence electrons. The van der Waals surface area contributed by atoms with Crippen molar-refractivity contribution < 1.29 is 8.42 Å². The summed E-state index contributed by atoms with van der Waals surface area (Å²) in [5, 5.41) is 0.774. The molecule has 1 aromatic carbocycles. The lowest BCUT2D eigenvalue weighted by Gasteiger charge is -2.12. The summed E-state index contributed by atoms with van der Waals surface area (Å²) in [7, 11) is -3.47. The van der Waals surface area contributed by atoms with Crippen LogP contribution >= 0.6 is 11.3 Å². The first kappa shape index (κ1) is 15.9. The Morgan fingerprint density at radius 2 is 2.10 bits per heavy atom. The Balaban J connectivity index is 2.08. The summed E-state index contributed by atoms with van der Waals surface area (Å²) >= 11 is 1.53. The fraction of sp³-hybridized carbons (Fsp3) is 0.357. The van der Waals surface area contributed by atoms with Gasteiger partial charge in [-0.25, -0.2) is 18.1 Å². The third-order valence-corrected chi connectivity index (χ3v) is 5.78. The van der Waals surface area contributed by atoms with E-state index >= 15 is 0 Å². The van der Waals surface area contributed by atoms with E-state index in [1.807, 2.05) is 6.92 Å². The summed E-state index contributed by atoms with van der Waals surface area (Å²) in [6, 6.07) is 6.63. The summed E-state index contributed by atoms with van der Waals surface area (Å²) in [6.07, 6.45) is 2.69. The molecule has 0 fully saturated rings. The van der Waals surface area contributed by atoms with Gasteiger partial charge in [0.15, 0.2) is 0 Å². The molecule has 0 saturated heterocycles. The van der Waals surface area contributed by atoms with E-state index in [0.717, 1.165) is 16.3 Å². The number of para-hydroxylation sites is 1. The van der Waals surface area contributed by atoms with Gasteiger partial charge in [-0.3, -0.25) is 0 Å². The summed E-state index contributed by atoms with van der Waals surface area (Å²) in [6.45, 7) is 3.84. The number of aryl methyl sites for hydroxylation is 1. The van der Waals surface area contributed by atoms with Crippen molar-refractivity contribution in [3.05, 3.63) is 45.9 Å². The van der Waals surface area contributed by atoms with Crippen LogP contribution in [-0.2, 0) is 22.2 Å². The second kappa shape index (κ2) is 6.55. The first-order valence-corrected chi connectivity index (χ1v) is 9.16. The van der Waals surface area contributed by atoms with Crippen molar-refractivity contribution in [2.24, 2.45) is 0 Å². The van der Waals surface area contributed by atoms with Crippen molar-refractivity contribution in [1.29, 1.82) is 0 Å². The molecule has 0 aliphatic carbocycles. The Labute approximate surface area is 129 Å². The van der Waals surface area contributed by atoms with Gasteiger partial charge in [-0.15, -0.1) is 11.3 Å². The van der Waals surface area contributed by atoms with Crippen LogP contribution in [0.1, 0.15) is 35.3 Å². The van der Waals surface area contributed by atoms with Crippen LogP contribution in [-0.4, -0.2) is 13.4 Å². The molecule has 5 nitrogen and oxygen atoms in total. The number of nitrogen functional groups attached to an aromatic ring is 1. The van der Waals surface area contributed by atoms with E-state index in [2.05, 4.69) is 9.71 Å². The van der Waals surface area contributed by atoms with Crippen LogP contribution in [0.5, 0.6) is 0 Å². The van der Waals surface area contributed by atoms with E-state index in [0.29, 0.717) is 11.3 Å². The highest BCUT2D eigenvalue weighted by atomic mass is 32.2. The quantitative estimate of drug-likeness (QED) is 0.799. The Hall–Kier alpha value is -1.44. The minimum Gasteiger partial charge on any atom is -0.398 e. The van der Waals surface area contributed by atoms with E-state index in [4.69, 9.17) is 5.73 Å². The molecule has 2 rings (SSSR count). The van der Waals surface area contributed by atoms with E-state index in [1.54, 1.807) is 37.4 Å².